The molecule has 0 aliphatic carbocycles. The SMILES string of the molecule is CC(C)(C)OC(=O)N1CCC[C@@H]1[C@@H]1O[C@H]1c1ccccc1F. The second-order valence-electron chi connectivity index (χ2n) is 6.93. The summed E-state index contributed by atoms with van der Waals surface area (Å²) in [5.41, 5.74) is 0.0584. The quantitative estimate of drug-likeness (QED) is 0.783. The molecule has 22 heavy (non-hydrogen) atoms. The first-order chi connectivity index (χ1) is 10.4. The number of ether oxygens (including phenoxy) is 2. The highest BCUT2D eigenvalue weighted by Crippen LogP contribution is 2.45. The normalized spacial score (nSPS) is 27.8. The van der Waals surface area contributed by atoms with Gasteiger partial charge in [-0.15, -0.1) is 0 Å². The highest BCUT2D eigenvalue weighted by atomic mass is 19.1. The van der Waals surface area contributed by atoms with Gasteiger partial charge in [0.15, 0.2) is 0 Å². The second kappa shape index (κ2) is 5.54. The molecule has 0 saturated carbocycles. The molecule has 1 aromatic carbocycles. The van der Waals surface area contributed by atoms with Crippen molar-refractivity contribution >= 4 is 6.09 Å². The van der Waals surface area contributed by atoms with E-state index in [2.05, 4.69) is 0 Å². The number of nitrogens with zero attached hydrogens (tertiary/aromatic N) is 1. The van der Waals surface area contributed by atoms with E-state index < -0.39 is 5.60 Å². The lowest BCUT2D eigenvalue weighted by atomic mass is 10.0. The molecule has 5 heteroatoms. The third-order valence-electron chi connectivity index (χ3n) is 4.04. The number of benzene rings is 1. The number of epoxide rings is 1. The second-order valence-corrected chi connectivity index (χ2v) is 6.93. The molecule has 0 radical (unpaired) electrons. The molecular formula is C17H22FNO3. The molecule has 0 bridgehead atoms. The molecule has 0 spiro atoms. The van der Waals surface area contributed by atoms with Crippen LogP contribution in [0.4, 0.5) is 9.18 Å². The number of hydrogen-bond donors (Lipinski definition) is 0. The topological polar surface area (TPSA) is 42.1 Å². The smallest absolute Gasteiger partial charge is 0.410 e. The minimum Gasteiger partial charge on any atom is -0.444 e. The predicted octanol–water partition coefficient (Wildman–Crippen LogP) is 3.67. The lowest BCUT2D eigenvalue weighted by molar-refractivity contribution is 0.0204. The average Bonchev–Trinajstić information content (AvgIpc) is 3.05. The monoisotopic (exact) mass is 307 g/mol. The van der Waals surface area contributed by atoms with Gasteiger partial charge in [0, 0.05) is 12.1 Å². The van der Waals surface area contributed by atoms with Gasteiger partial charge in [-0.25, -0.2) is 9.18 Å². The molecular weight excluding hydrogens is 285 g/mol. The summed E-state index contributed by atoms with van der Waals surface area (Å²) in [4.78, 5) is 14.0. The van der Waals surface area contributed by atoms with Gasteiger partial charge in [-0.2, -0.15) is 0 Å². The summed E-state index contributed by atoms with van der Waals surface area (Å²) in [7, 11) is 0. The van der Waals surface area contributed by atoms with Crippen LogP contribution in [0.15, 0.2) is 24.3 Å². The van der Waals surface area contributed by atoms with Gasteiger partial charge in [-0.1, -0.05) is 18.2 Å². The standard InChI is InChI=1S/C17H22FNO3/c1-17(2,3)22-16(20)19-10-6-9-13(19)15-14(21-15)11-7-4-5-8-12(11)18/h4-5,7-8,13-15H,6,9-10H2,1-3H3/t13-,14+,15+/m1/s1. The molecule has 0 N–H and O–H groups in total. The maximum absolute atomic E-state index is 13.8. The van der Waals surface area contributed by atoms with Gasteiger partial charge in [0.1, 0.15) is 23.6 Å². The Morgan fingerprint density at radius 1 is 1.36 bits per heavy atom. The summed E-state index contributed by atoms with van der Waals surface area (Å²) in [5.74, 6) is -0.253. The Morgan fingerprint density at radius 3 is 2.77 bits per heavy atom. The van der Waals surface area contributed by atoms with Crippen molar-refractivity contribution in [2.24, 2.45) is 0 Å². The van der Waals surface area contributed by atoms with Crippen LogP contribution in [0.5, 0.6) is 0 Å². The number of carbonyl (C=O) groups is 1. The van der Waals surface area contributed by atoms with Crippen LogP contribution in [0.3, 0.4) is 0 Å². The maximum Gasteiger partial charge on any atom is 0.410 e. The van der Waals surface area contributed by atoms with Gasteiger partial charge in [-0.3, -0.25) is 0 Å². The molecule has 120 valence electrons. The highest BCUT2D eigenvalue weighted by molar-refractivity contribution is 5.69. The van der Waals surface area contributed by atoms with Crippen LogP contribution in [-0.2, 0) is 9.47 Å². The van der Waals surface area contributed by atoms with Gasteiger partial charge in [0.05, 0.1) is 6.04 Å². The van der Waals surface area contributed by atoms with Crippen molar-refractivity contribution < 1.29 is 18.7 Å². The summed E-state index contributed by atoms with van der Waals surface area (Å²) in [5, 5.41) is 0. The molecule has 2 heterocycles. The fourth-order valence-electron chi connectivity index (χ4n) is 3.05. The first-order valence-corrected chi connectivity index (χ1v) is 7.76. The summed E-state index contributed by atoms with van der Waals surface area (Å²) >= 11 is 0. The Morgan fingerprint density at radius 2 is 2.09 bits per heavy atom. The van der Waals surface area contributed by atoms with Crippen molar-refractivity contribution in [2.75, 3.05) is 6.54 Å². The molecule has 0 unspecified atom stereocenters. The fourth-order valence-corrected chi connectivity index (χ4v) is 3.05. The molecule has 1 aromatic rings. The van der Waals surface area contributed by atoms with Gasteiger partial charge >= 0.3 is 6.09 Å². The van der Waals surface area contributed by atoms with E-state index in [-0.39, 0.29) is 30.2 Å². The Kier molecular flexibility index (Phi) is 3.85. The van der Waals surface area contributed by atoms with Crippen molar-refractivity contribution in [2.45, 2.75) is 57.5 Å². The third-order valence-corrected chi connectivity index (χ3v) is 4.04. The molecule has 0 aromatic heterocycles. The first kappa shape index (κ1) is 15.3. The highest BCUT2D eigenvalue weighted by Gasteiger charge is 2.51. The van der Waals surface area contributed by atoms with Crippen LogP contribution in [-0.4, -0.2) is 35.3 Å². The van der Waals surface area contributed by atoms with Crippen molar-refractivity contribution in [3.8, 4) is 0 Å². The molecule has 2 fully saturated rings. The number of hydrogen-bond acceptors (Lipinski definition) is 3. The molecule has 3 atom stereocenters. The van der Waals surface area contributed by atoms with E-state index in [4.69, 9.17) is 9.47 Å². The zero-order chi connectivity index (χ0) is 15.9. The molecule has 1 amide bonds. The van der Waals surface area contributed by atoms with Crippen LogP contribution in [0.25, 0.3) is 0 Å². The average molecular weight is 307 g/mol. The van der Waals surface area contributed by atoms with Gasteiger partial charge < -0.3 is 14.4 Å². The van der Waals surface area contributed by atoms with Gasteiger partial charge in [0.2, 0.25) is 0 Å². The van der Waals surface area contributed by atoms with Gasteiger partial charge in [0.25, 0.3) is 0 Å². The van der Waals surface area contributed by atoms with E-state index >= 15 is 0 Å². The Labute approximate surface area is 130 Å². The lowest BCUT2D eigenvalue weighted by Crippen LogP contribution is -2.42. The lowest BCUT2D eigenvalue weighted by Gasteiger charge is -2.28. The minimum atomic E-state index is -0.514. The zero-order valence-corrected chi connectivity index (χ0v) is 13.2. The summed E-state index contributed by atoms with van der Waals surface area (Å²) in [6.45, 7) is 6.23. The Balaban J connectivity index is 1.68. The summed E-state index contributed by atoms with van der Waals surface area (Å²) in [6, 6.07) is 6.62. The number of amides is 1. The van der Waals surface area contributed by atoms with E-state index in [1.807, 2.05) is 20.8 Å². The number of rotatable bonds is 2. The molecule has 4 nitrogen and oxygen atoms in total. The van der Waals surface area contributed by atoms with Crippen LogP contribution >= 0.6 is 0 Å². The van der Waals surface area contributed by atoms with Crippen LogP contribution in [0, 0.1) is 5.82 Å². The van der Waals surface area contributed by atoms with Crippen LogP contribution in [0.1, 0.15) is 45.3 Å². The van der Waals surface area contributed by atoms with E-state index in [0.717, 1.165) is 12.8 Å². The molecule has 2 saturated heterocycles. The maximum atomic E-state index is 13.8. The largest absolute Gasteiger partial charge is 0.444 e. The Hall–Kier alpha value is -1.62. The van der Waals surface area contributed by atoms with Crippen molar-refractivity contribution in [1.82, 2.24) is 4.90 Å². The van der Waals surface area contributed by atoms with Crippen LogP contribution < -0.4 is 0 Å². The summed E-state index contributed by atoms with van der Waals surface area (Å²) in [6.07, 6.45) is 1.10. The van der Waals surface area contributed by atoms with E-state index in [0.29, 0.717) is 12.1 Å². The Bertz CT molecular complexity index is 569. The molecule has 3 rings (SSSR count). The third kappa shape index (κ3) is 3.09. The fraction of sp³-hybridized carbons (Fsp3) is 0.588. The van der Waals surface area contributed by atoms with Crippen molar-refractivity contribution in [1.29, 1.82) is 0 Å². The van der Waals surface area contributed by atoms with E-state index in [1.165, 1.54) is 6.07 Å². The predicted molar refractivity (Wildman–Crippen MR) is 80.0 cm³/mol. The molecule has 2 aliphatic heterocycles. The minimum absolute atomic E-state index is 0.0283. The van der Waals surface area contributed by atoms with Crippen molar-refractivity contribution in [3.63, 3.8) is 0 Å². The molecule has 2 aliphatic rings. The zero-order valence-electron chi connectivity index (χ0n) is 13.2. The number of carbonyl (C=O) groups excluding carboxylic acids is 1. The van der Waals surface area contributed by atoms with E-state index in [1.54, 1.807) is 23.1 Å². The first-order valence-electron chi connectivity index (χ1n) is 7.76. The summed E-state index contributed by atoms with van der Waals surface area (Å²) < 4.78 is 25.0. The van der Waals surface area contributed by atoms with Crippen LogP contribution in [0.2, 0.25) is 0 Å². The van der Waals surface area contributed by atoms with E-state index in [9.17, 15) is 9.18 Å². The van der Waals surface area contributed by atoms with Gasteiger partial charge in [-0.05, 0) is 39.7 Å². The number of halogens is 1. The van der Waals surface area contributed by atoms with Crippen molar-refractivity contribution in [3.05, 3.63) is 35.6 Å². The number of likely N-dealkylation sites (tertiary alicyclic amines) is 1.